The summed E-state index contributed by atoms with van der Waals surface area (Å²) in [6.45, 7) is 13.2. The summed E-state index contributed by atoms with van der Waals surface area (Å²) >= 11 is 0. The van der Waals surface area contributed by atoms with Gasteiger partial charge in [-0.2, -0.15) is 0 Å². The molecule has 35 heavy (non-hydrogen) atoms. The van der Waals surface area contributed by atoms with Crippen molar-refractivity contribution in [1.82, 2.24) is 0 Å². The second-order valence-electron chi connectivity index (χ2n) is 13.6. The molecule has 8 aliphatic rings. The third-order valence-corrected chi connectivity index (χ3v) is 12.5. The van der Waals surface area contributed by atoms with Gasteiger partial charge >= 0.3 is 11.9 Å². The number of hydrogen-bond donors (Lipinski definition) is 0. The maximum absolute atomic E-state index is 14.2. The minimum Gasteiger partial charge on any atom is -0.461 e. The molecule has 0 aromatic rings. The second kappa shape index (κ2) is 5.98. The Balaban J connectivity index is 1.28. The lowest BCUT2D eigenvalue weighted by Gasteiger charge is -2.47. The first-order valence-electron chi connectivity index (χ1n) is 13.8. The van der Waals surface area contributed by atoms with E-state index in [0.717, 1.165) is 44.9 Å². The van der Waals surface area contributed by atoms with Crippen molar-refractivity contribution in [2.24, 2.45) is 40.4 Å². The Morgan fingerprint density at radius 3 is 2.69 bits per heavy atom. The van der Waals surface area contributed by atoms with Crippen LogP contribution in [-0.4, -0.2) is 35.3 Å². The molecule has 5 heteroatoms. The third-order valence-electron chi connectivity index (χ3n) is 12.5. The Kier molecular flexibility index (Phi) is 3.63. The fourth-order valence-corrected chi connectivity index (χ4v) is 10.9. The first kappa shape index (κ1) is 21.2. The number of ether oxygens (including phenoxy) is 3. The zero-order chi connectivity index (χ0) is 24.3. The van der Waals surface area contributed by atoms with Gasteiger partial charge in [0.2, 0.25) is 0 Å². The molecular weight excluding hydrogens is 440 g/mol. The maximum Gasteiger partial charge on any atom is 0.334 e. The van der Waals surface area contributed by atoms with E-state index in [1.165, 1.54) is 16.7 Å². The van der Waals surface area contributed by atoms with Crippen LogP contribution in [0.25, 0.3) is 0 Å². The van der Waals surface area contributed by atoms with Gasteiger partial charge in [-0.05, 0) is 76.2 Å². The lowest BCUT2D eigenvalue weighted by molar-refractivity contribution is -0.154. The van der Waals surface area contributed by atoms with E-state index in [-0.39, 0.29) is 58.5 Å². The summed E-state index contributed by atoms with van der Waals surface area (Å²) in [5, 5.41) is 0. The minimum absolute atomic E-state index is 0.000229. The highest BCUT2D eigenvalue weighted by Gasteiger charge is 2.81. The zero-order valence-electron chi connectivity index (χ0n) is 21.3. The molecule has 2 bridgehead atoms. The van der Waals surface area contributed by atoms with Crippen LogP contribution < -0.4 is 0 Å². The quantitative estimate of drug-likeness (QED) is 0.212. The summed E-state index contributed by atoms with van der Waals surface area (Å²) < 4.78 is 19.1. The minimum atomic E-state index is -0.538. The molecule has 0 radical (unpaired) electrons. The van der Waals surface area contributed by atoms with E-state index in [2.05, 4.69) is 40.3 Å². The number of carbonyl (C=O) groups excluding carboxylic acids is 2. The van der Waals surface area contributed by atoms with Crippen LogP contribution in [0.15, 0.2) is 34.9 Å². The van der Waals surface area contributed by atoms with Gasteiger partial charge in [0, 0.05) is 28.7 Å². The molecule has 186 valence electrons. The van der Waals surface area contributed by atoms with Gasteiger partial charge in [0.1, 0.15) is 17.8 Å². The Hall–Kier alpha value is -1.88. The Labute approximate surface area is 207 Å². The van der Waals surface area contributed by atoms with E-state index in [0.29, 0.717) is 17.4 Å². The molecular formula is C30H36O5. The lowest BCUT2D eigenvalue weighted by Crippen LogP contribution is -2.50. The van der Waals surface area contributed by atoms with Gasteiger partial charge in [-0.25, -0.2) is 4.79 Å². The number of esters is 2. The highest BCUT2D eigenvalue weighted by Crippen LogP contribution is 2.78. The monoisotopic (exact) mass is 476 g/mol. The topological polar surface area (TPSA) is 65.1 Å². The SMILES string of the molecule is C=C1C(=O)O[C@@H]2C3=C([C@H]4C[C@@]3(C)[C@]3(C4)C(=O)O[C@@H]4[C@H]5C(C)=CC[C@@]56O[C@@]6(C)CC[C@H]43)[C@@H](C)CC[C@@H]12. The molecule has 5 aliphatic carbocycles. The molecule has 0 aromatic heterocycles. The molecule has 2 saturated carbocycles. The summed E-state index contributed by atoms with van der Waals surface area (Å²) in [6, 6.07) is 0. The van der Waals surface area contributed by atoms with Crippen molar-refractivity contribution in [3.63, 3.8) is 0 Å². The van der Waals surface area contributed by atoms with E-state index in [4.69, 9.17) is 14.2 Å². The van der Waals surface area contributed by atoms with Crippen LogP contribution >= 0.6 is 0 Å². The van der Waals surface area contributed by atoms with Gasteiger partial charge < -0.3 is 14.2 Å². The van der Waals surface area contributed by atoms with E-state index < -0.39 is 5.41 Å². The van der Waals surface area contributed by atoms with E-state index in [1.54, 1.807) is 0 Å². The predicted octanol–water partition coefficient (Wildman–Crippen LogP) is 5.06. The van der Waals surface area contributed by atoms with Crippen LogP contribution in [0, 0.1) is 40.4 Å². The van der Waals surface area contributed by atoms with Crippen molar-refractivity contribution in [2.45, 2.75) is 96.1 Å². The highest BCUT2D eigenvalue weighted by molar-refractivity contribution is 5.92. The average molecular weight is 477 g/mol. The Morgan fingerprint density at radius 1 is 1.09 bits per heavy atom. The smallest absolute Gasteiger partial charge is 0.334 e. The number of rotatable bonds is 0. The Morgan fingerprint density at radius 2 is 1.89 bits per heavy atom. The van der Waals surface area contributed by atoms with Crippen molar-refractivity contribution in [1.29, 1.82) is 0 Å². The number of carbonyl (C=O) groups is 2. The number of hydrogen-bond acceptors (Lipinski definition) is 5. The summed E-state index contributed by atoms with van der Waals surface area (Å²) in [5.41, 5.74) is 3.53. The predicted molar refractivity (Wildman–Crippen MR) is 128 cm³/mol. The standard InChI is InChI=1S/C30H36O5/c1-14-6-7-18-16(3)25(31)33-23(18)22-20(14)17-12-27(22,4)29(13-17)19-9-10-28(5)30(35-28)11-8-15(2)21(30)24(19)34-26(29)32/h8,14,17-19,21,23-24H,3,6-7,9-13H2,1-2,4-5H3/t14-,17-,18-,19+,21+,23-,24-,27+,28-,29-,30+/m0/s1. The molecule has 2 spiro atoms. The molecule has 0 N–H and O–H groups in total. The van der Waals surface area contributed by atoms with Crippen molar-refractivity contribution in [3.8, 4) is 0 Å². The summed E-state index contributed by atoms with van der Waals surface area (Å²) in [4.78, 5) is 26.9. The first-order chi connectivity index (χ1) is 16.6. The molecule has 5 nitrogen and oxygen atoms in total. The highest BCUT2D eigenvalue weighted by atomic mass is 16.6. The summed E-state index contributed by atoms with van der Waals surface area (Å²) in [6.07, 6.45) is 8.66. The molecule has 11 atom stereocenters. The first-order valence-corrected chi connectivity index (χ1v) is 13.8. The van der Waals surface area contributed by atoms with Crippen molar-refractivity contribution in [3.05, 3.63) is 34.9 Å². The van der Waals surface area contributed by atoms with Crippen LogP contribution in [0.2, 0.25) is 0 Å². The molecule has 3 aliphatic heterocycles. The van der Waals surface area contributed by atoms with Gasteiger partial charge in [-0.15, -0.1) is 0 Å². The fraction of sp³-hybridized carbons (Fsp3) is 0.733. The van der Waals surface area contributed by atoms with Gasteiger partial charge in [0.05, 0.1) is 11.0 Å². The van der Waals surface area contributed by atoms with Crippen LogP contribution in [0.3, 0.4) is 0 Å². The van der Waals surface area contributed by atoms with E-state index in [9.17, 15) is 9.59 Å². The number of fused-ring (bicyclic) bond motifs is 10. The fourth-order valence-electron chi connectivity index (χ4n) is 10.9. The van der Waals surface area contributed by atoms with Crippen LogP contribution in [0.4, 0.5) is 0 Å². The maximum atomic E-state index is 14.2. The lowest BCUT2D eigenvalue weighted by atomic mass is 9.53. The molecule has 0 aromatic carbocycles. The normalized spacial score (nSPS) is 57.1. The molecule has 3 heterocycles. The largest absolute Gasteiger partial charge is 0.461 e. The zero-order valence-corrected chi connectivity index (χ0v) is 21.3. The molecule has 8 rings (SSSR count). The summed E-state index contributed by atoms with van der Waals surface area (Å²) in [7, 11) is 0. The molecule has 3 saturated heterocycles. The molecule has 0 amide bonds. The van der Waals surface area contributed by atoms with Crippen molar-refractivity contribution >= 4 is 11.9 Å². The second-order valence-corrected chi connectivity index (χ2v) is 13.6. The third kappa shape index (κ3) is 2.05. The number of epoxide rings is 1. The molecule has 0 unspecified atom stereocenters. The van der Waals surface area contributed by atoms with Gasteiger partial charge in [0.25, 0.3) is 0 Å². The Bertz CT molecular complexity index is 1200. The van der Waals surface area contributed by atoms with Crippen LogP contribution in [0.1, 0.15) is 72.6 Å². The van der Waals surface area contributed by atoms with Gasteiger partial charge in [-0.3, -0.25) is 4.79 Å². The van der Waals surface area contributed by atoms with Gasteiger partial charge in [-0.1, -0.05) is 37.6 Å². The van der Waals surface area contributed by atoms with Crippen LogP contribution in [0.5, 0.6) is 0 Å². The average Bonchev–Trinajstić information content (AvgIpc) is 3.14. The number of allylic oxidation sites excluding steroid dienone is 1. The van der Waals surface area contributed by atoms with E-state index >= 15 is 0 Å². The van der Waals surface area contributed by atoms with Crippen molar-refractivity contribution in [2.75, 3.05) is 0 Å². The van der Waals surface area contributed by atoms with Crippen LogP contribution in [-0.2, 0) is 23.8 Å². The van der Waals surface area contributed by atoms with Crippen molar-refractivity contribution < 1.29 is 23.8 Å². The summed E-state index contributed by atoms with van der Waals surface area (Å²) in [5.74, 6) is 0.952. The molecule has 5 fully saturated rings. The van der Waals surface area contributed by atoms with Gasteiger partial charge in [0.15, 0.2) is 0 Å². The van der Waals surface area contributed by atoms with E-state index in [1.807, 2.05) is 0 Å².